The van der Waals surface area contributed by atoms with Gasteiger partial charge in [-0.05, 0) is 25.1 Å². The third kappa shape index (κ3) is 3.42. The smallest absolute Gasteiger partial charge is 0.315 e. The molecule has 2 rings (SSSR count). The van der Waals surface area contributed by atoms with E-state index < -0.39 is 28.2 Å². The summed E-state index contributed by atoms with van der Waals surface area (Å²) in [5.41, 5.74) is -0.581. The lowest BCUT2D eigenvalue weighted by molar-refractivity contribution is -0.152. The van der Waals surface area contributed by atoms with Crippen molar-refractivity contribution in [3.05, 3.63) is 23.2 Å². The molecule has 1 aromatic rings. The SMILES string of the molecule is COc1ccc(Cl)cc1NC(=O)COC(=O)[C@]1(C)CC1(Cl)Cl. The first-order valence-corrected chi connectivity index (χ1v) is 7.51. The quantitative estimate of drug-likeness (QED) is 0.640. The number of amides is 1. The Morgan fingerprint density at radius 3 is 2.55 bits per heavy atom. The third-order valence-corrected chi connectivity index (χ3v) is 4.81. The van der Waals surface area contributed by atoms with E-state index in [0.717, 1.165) is 0 Å². The number of esters is 1. The Morgan fingerprint density at radius 1 is 1.36 bits per heavy atom. The van der Waals surface area contributed by atoms with Crippen molar-refractivity contribution in [2.75, 3.05) is 19.0 Å². The lowest BCUT2D eigenvalue weighted by Gasteiger charge is -2.13. The van der Waals surface area contributed by atoms with Crippen LogP contribution in [0.3, 0.4) is 0 Å². The van der Waals surface area contributed by atoms with E-state index in [9.17, 15) is 9.59 Å². The monoisotopic (exact) mass is 365 g/mol. The molecule has 0 heterocycles. The summed E-state index contributed by atoms with van der Waals surface area (Å²) >= 11 is 17.6. The Hall–Kier alpha value is -1.17. The van der Waals surface area contributed by atoms with Gasteiger partial charge in [0.25, 0.3) is 5.91 Å². The fraction of sp³-hybridized carbons (Fsp3) is 0.429. The van der Waals surface area contributed by atoms with Gasteiger partial charge in [-0.2, -0.15) is 0 Å². The first-order valence-electron chi connectivity index (χ1n) is 6.38. The molecule has 1 fully saturated rings. The van der Waals surface area contributed by atoms with Crippen LogP contribution in [0.2, 0.25) is 5.02 Å². The maximum absolute atomic E-state index is 11.9. The Bertz CT molecular complexity index is 620. The number of anilines is 1. The highest BCUT2D eigenvalue weighted by atomic mass is 35.5. The van der Waals surface area contributed by atoms with Crippen molar-refractivity contribution in [3.8, 4) is 5.75 Å². The van der Waals surface area contributed by atoms with Gasteiger partial charge >= 0.3 is 5.97 Å². The molecule has 1 saturated carbocycles. The van der Waals surface area contributed by atoms with Gasteiger partial charge < -0.3 is 14.8 Å². The molecule has 1 aliphatic rings. The maximum Gasteiger partial charge on any atom is 0.315 e. The van der Waals surface area contributed by atoms with Gasteiger partial charge in [0.15, 0.2) is 6.61 Å². The lowest BCUT2D eigenvalue weighted by Crippen LogP contribution is -2.26. The zero-order valence-electron chi connectivity index (χ0n) is 11.9. The predicted octanol–water partition coefficient (Wildman–Crippen LogP) is 3.41. The zero-order valence-corrected chi connectivity index (χ0v) is 14.2. The van der Waals surface area contributed by atoms with Gasteiger partial charge in [-0.25, -0.2) is 0 Å². The van der Waals surface area contributed by atoms with Crippen LogP contribution in [0.1, 0.15) is 13.3 Å². The number of halogens is 3. The Labute approximate surface area is 142 Å². The van der Waals surface area contributed by atoms with E-state index in [1.54, 1.807) is 19.1 Å². The van der Waals surface area contributed by atoms with Crippen molar-refractivity contribution in [3.63, 3.8) is 0 Å². The van der Waals surface area contributed by atoms with E-state index in [2.05, 4.69) is 5.32 Å². The average Bonchev–Trinajstić information content (AvgIpc) is 2.96. The third-order valence-electron chi connectivity index (χ3n) is 3.48. The first-order chi connectivity index (χ1) is 10.2. The van der Waals surface area contributed by atoms with E-state index in [1.807, 2.05) is 0 Å². The summed E-state index contributed by atoms with van der Waals surface area (Å²) in [5.74, 6) is -0.683. The highest BCUT2D eigenvalue weighted by Crippen LogP contribution is 2.64. The van der Waals surface area contributed by atoms with Crippen molar-refractivity contribution in [1.29, 1.82) is 0 Å². The van der Waals surface area contributed by atoms with E-state index in [0.29, 0.717) is 22.9 Å². The number of carbonyl (C=O) groups excluding carboxylic acids is 2. The molecule has 0 spiro atoms. The number of nitrogens with one attached hydrogen (secondary N) is 1. The van der Waals surface area contributed by atoms with Crippen LogP contribution in [0.15, 0.2) is 18.2 Å². The summed E-state index contributed by atoms with van der Waals surface area (Å²) in [4.78, 5) is 23.7. The van der Waals surface area contributed by atoms with Gasteiger partial charge in [-0.15, -0.1) is 23.2 Å². The number of alkyl halides is 2. The van der Waals surface area contributed by atoms with Crippen molar-refractivity contribution >= 4 is 52.4 Å². The molecule has 1 atom stereocenters. The van der Waals surface area contributed by atoms with Crippen LogP contribution in [0.25, 0.3) is 0 Å². The van der Waals surface area contributed by atoms with Gasteiger partial charge in [0, 0.05) is 11.4 Å². The second-order valence-electron chi connectivity index (χ2n) is 5.18. The minimum atomic E-state index is -1.13. The molecule has 22 heavy (non-hydrogen) atoms. The highest BCUT2D eigenvalue weighted by molar-refractivity contribution is 6.53. The number of rotatable bonds is 5. The number of hydrogen-bond donors (Lipinski definition) is 1. The number of carbonyl (C=O) groups is 2. The van der Waals surface area contributed by atoms with Crippen molar-refractivity contribution in [1.82, 2.24) is 0 Å². The zero-order chi connectivity index (χ0) is 16.5. The highest BCUT2D eigenvalue weighted by Gasteiger charge is 2.69. The van der Waals surface area contributed by atoms with Crippen molar-refractivity contribution < 1.29 is 19.1 Å². The molecule has 0 aromatic heterocycles. The molecule has 0 unspecified atom stereocenters. The van der Waals surface area contributed by atoms with E-state index in [1.165, 1.54) is 13.2 Å². The van der Waals surface area contributed by atoms with E-state index in [4.69, 9.17) is 44.3 Å². The summed E-state index contributed by atoms with van der Waals surface area (Å²) in [6.07, 6.45) is 0.297. The Kier molecular flexibility index (Phi) is 4.80. The topological polar surface area (TPSA) is 64.6 Å². The second-order valence-corrected chi connectivity index (χ2v) is 7.10. The minimum absolute atomic E-state index is 0.297. The normalized spacial score (nSPS) is 21.9. The molecule has 120 valence electrons. The molecule has 5 nitrogen and oxygen atoms in total. The summed E-state index contributed by atoms with van der Waals surface area (Å²) in [6, 6.07) is 4.78. The average molecular weight is 367 g/mol. The molecule has 1 amide bonds. The lowest BCUT2D eigenvalue weighted by atomic mass is 10.1. The molecule has 0 saturated heterocycles. The van der Waals surface area contributed by atoms with Crippen LogP contribution in [-0.4, -0.2) is 29.9 Å². The van der Waals surface area contributed by atoms with Crippen LogP contribution in [0.4, 0.5) is 5.69 Å². The van der Waals surface area contributed by atoms with Gasteiger partial charge in [0.1, 0.15) is 15.5 Å². The predicted molar refractivity (Wildman–Crippen MR) is 84.8 cm³/mol. The summed E-state index contributed by atoms with van der Waals surface area (Å²) in [7, 11) is 1.47. The van der Waals surface area contributed by atoms with Crippen molar-refractivity contribution in [2.45, 2.75) is 17.7 Å². The fourth-order valence-electron chi connectivity index (χ4n) is 1.88. The molecule has 1 aromatic carbocycles. The molecule has 1 aliphatic carbocycles. The number of ether oxygens (including phenoxy) is 2. The van der Waals surface area contributed by atoms with Gasteiger partial charge in [-0.1, -0.05) is 11.6 Å². The van der Waals surface area contributed by atoms with Gasteiger partial charge in [0.2, 0.25) is 0 Å². The minimum Gasteiger partial charge on any atom is -0.495 e. The van der Waals surface area contributed by atoms with Crippen molar-refractivity contribution in [2.24, 2.45) is 5.41 Å². The molecule has 1 N–H and O–H groups in total. The van der Waals surface area contributed by atoms with E-state index in [-0.39, 0.29) is 0 Å². The van der Waals surface area contributed by atoms with Gasteiger partial charge in [0.05, 0.1) is 12.8 Å². The van der Waals surface area contributed by atoms with Crippen LogP contribution in [0.5, 0.6) is 5.75 Å². The maximum atomic E-state index is 11.9. The first kappa shape index (κ1) is 17.2. The Balaban J connectivity index is 1.92. The van der Waals surface area contributed by atoms with Crippen LogP contribution >= 0.6 is 34.8 Å². The molecular weight excluding hydrogens is 353 g/mol. The summed E-state index contributed by atoms with van der Waals surface area (Å²) < 4.78 is 8.92. The summed E-state index contributed by atoms with van der Waals surface area (Å²) in [5, 5.41) is 3.00. The summed E-state index contributed by atoms with van der Waals surface area (Å²) in [6.45, 7) is 1.14. The van der Waals surface area contributed by atoms with Crippen LogP contribution in [-0.2, 0) is 14.3 Å². The van der Waals surface area contributed by atoms with Gasteiger partial charge in [-0.3, -0.25) is 9.59 Å². The van der Waals surface area contributed by atoms with Crippen LogP contribution in [0, 0.1) is 5.41 Å². The molecule has 0 bridgehead atoms. The van der Waals surface area contributed by atoms with E-state index >= 15 is 0 Å². The number of hydrogen-bond acceptors (Lipinski definition) is 4. The largest absolute Gasteiger partial charge is 0.495 e. The number of benzene rings is 1. The molecule has 0 aliphatic heterocycles. The molecule has 8 heteroatoms. The second kappa shape index (κ2) is 6.14. The van der Waals surface area contributed by atoms with Crippen LogP contribution < -0.4 is 10.1 Å². The molecular formula is C14H14Cl3NO4. The fourth-order valence-corrected chi connectivity index (χ4v) is 2.74. The Morgan fingerprint density at radius 2 is 2.00 bits per heavy atom. The standard InChI is InChI=1S/C14H14Cl3NO4/c1-13(7-14(13,16)17)12(20)22-6-11(19)18-9-5-8(15)3-4-10(9)21-2/h3-5H,6-7H2,1-2H3,(H,18,19)/t13-/m0/s1. The number of methoxy groups -OCH3 is 1. The molecule has 0 radical (unpaired) electrons.